The molecule has 0 saturated heterocycles. The predicted molar refractivity (Wildman–Crippen MR) is 193 cm³/mol. The van der Waals surface area contributed by atoms with Crippen molar-refractivity contribution in [1.82, 2.24) is 0 Å². The van der Waals surface area contributed by atoms with Gasteiger partial charge in [0.2, 0.25) is 0 Å². The van der Waals surface area contributed by atoms with E-state index in [4.69, 9.17) is 6.85 Å². The van der Waals surface area contributed by atoms with Gasteiger partial charge < -0.3 is 0 Å². The van der Waals surface area contributed by atoms with Crippen molar-refractivity contribution in [3.05, 3.63) is 169 Å². The van der Waals surface area contributed by atoms with Gasteiger partial charge in [0.25, 0.3) is 0 Å². The molecule has 0 aliphatic heterocycles. The van der Waals surface area contributed by atoms with Crippen LogP contribution in [0.4, 0.5) is 0 Å². The molecular formula is C45H32. The van der Waals surface area contributed by atoms with Gasteiger partial charge in [-0.25, -0.2) is 0 Å². The third-order valence-electron chi connectivity index (χ3n) is 9.71. The minimum Gasteiger partial charge on any atom is -0.0622 e. The van der Waals surface area contributed by atoms with Gasteiger partial charge in [-0.2, -0.15) is 0 Å². The monoisotopic (exact) mass is 577 g/mol. The summed E-state index contributed by atoms with van der Waals surface area (Å²) in [4.78, 5) is 0. The molecule has 8 aromatic carbocycles. The smallest absolute Gasteiger partial charge is 0.0622 e. The van der Waals surface area contributed by atoms with E-state index in [1.807, 2.05) is 12.1 Å². The average molecular weight is 578 g/mol. The Kier molecular flexibility index (Phi) is 4.62. The van der Waals surface area contributed by atoms with Crippen LogP contribution in [0.25, 0.3) is 76.8 Å². The van der Waals surface area contributed by atoms with E-state index < -0.39 is 5.41 Å². The minimum absolute atomic E-state index is 0.191. The lowest BCUT2D eigenvalue weighted by molar-refractivity contribution is 0.662. The van der Waals surface area contributed by atoms with Crippen molar-refractivity contribution >= 4 is 32.3 Å². The molecular weight excluding hydrogens is 540 g/mol. The van der Waals surface area contributed by atoms with E-state index in [2.05, 4.69) is 129 Å². The molecule has 0 spiro atoms. The molecule has 0 saturated carbocycles. The first-order valence-electron chi connectivity index (χ1n) is 18.0. The van der Waals surface area contributed by atoms with Crippen LogP contribution in [-0.4, -0.2) is 0 Å². The van der Waals surface area contributed by atoms with Crippen LogP contribution in [0.5, 0.6) is 0 Å². The van der Waals surface area contributed by atoms with E-state index in [-0.39, 0.29) is 35.8 Å². The van der Waals surface area contributed by atoms with Gasteiger partial charge in [-0.05, 0) is 94.0 Å². The first-order valence-corrected chi connectivity index (χ1v) is 15.5. The Morgan fingerprint density at radius 1 is 0.444 bits per heavy atom. The van der Waals surface area contributed by atoms with E-state index in [1.54, 1.807) is 0 Å². The Balaban J connectivity index is 1.42. The zero-order chi connectivity index (χ0) is 34.5. The SMILES string of the molecule is [2H]c1c([2H])c([2H])c(-c2ccc(-c3c4ccccc4c(-c4ccc5ccccc5c4)c4ccccc34)c3c2-c2ccccc2C3(C)C)c([2H])c1[2H]. The maximum atomic E-state index is 8.93. The van der Waals surface area contributed by atoms with Gasteiger partial charge in [-0.1, -0.05) is 165 Å². The normalized spacial score (nSPS) is 14.8. The highest BCUT2D eigenvalue weighted by Gasteiger charge is 2.39. The Labute approximate surface area is 271 Å². The molecule has 0 atom stereocenters. The van der Waals surface area contributed by atoms with Crippen LogP contribution in [0.15, 0.2) is 158 Å². The summed E-state index contributed by atoms with van der Waals surface area (Å²) in [6, 6.07) is 43.5. The molecule has 1 aliphatic carbocycles. The lowest BCUT2D eigenvalue weighted by Crippen LogP contribution is -2.16. The van der Waals surface area contributed by atoms with Crippen molar-refractivity contribution < 1.29 is 6.85 Å². The summed E-state index contributed by atoms with van der Waals surface area (Å²) in [6.07, 6.45) is 0. The third kappa shape index (κ3) is 3.79. The van der Waals surface area contributed by atoms with Gasteiger partial charge in [-0.3, -0.25) is 0 Å². The van der Waals surface area contributed by atoms with Crippen molar-refractivity contribution in [1.29, 1.82) is 0 Å². The highest BCUT2D eigenvalue weighted by atomic mass is 14.4. The van der Waals surface area contributed by atoms with Gasteiger partial charge in [0, 0.05) is 5.41 Å². The van der Waals surface area contributed by atoms with Gasteiger partial charge >= 0.3 is 0 Å². The van der Waals surface area contributed by atoms with Crippen molar-refractivity contribution in [2.75, 3.05) is 0 Å². The second-order valence-corrected chi connectivity index (χ2v) is 12.5. The average Bonchev–Trinajstić information content (AvgIpc) is 3.39. The number of fused-ring (bicyclic) bond motifs is 6. The molecule has 0 unspecified atom stereocenters. The Hall–Kier alpha value is -5.46. The first kappa shape index (κ1) is 21.3. The fourth-order valence-electron chi connectivity index (χ4n) is 7.79. The van der Waals surface area contributed by atoms with Crippen molar-refractivity contribution in [2.24, 2.45) is 0 Å². The largest absolute Gasteiger partial charge is 0.0629 e. The summed E-state index contributed by atoms with van der Waals surface area (Å²) >= 11 is 0. The molecule has 9 rings (SSSR count). The summed E-state index contributed by atoms with van der Waals surface area (Å²) in [5.41, 5.74) is 9.20. The maximum absolute atomic E-state index is 8.93. The lowest BCUT2D eigenvalue weighted by atomic mass is 9.76. The maximum Gasteiger partial charge on any atom is 0.0629 e. The fraction of sp³-hybridized carbons (Fsp3) is 0.0667. The van der Waals surface area contributed by atoms with Crippen molar-refractivity contribution in [3.8, 4) is 44.5 Å². The standard InChI is InChI=1S/C45H32/c1-45(2)40-23-13-12-22-38(40)43-33(30-15-4-3-5-16-30)26-27-39(44(43)45)42-36-20-10-8-18-34(36)41(35-19-9-11-21-37(35)42)32-25-24-29-14-6-7-17-31(29)28-32/h3-28H,1-2H3/i3D,4D,5D,15D,16D. The van der Waals surface area contributed by atoms with E-state index in [0.29, 0.717) is 5.56 Å². The zero-order valence-corrected chi connectivity index (χ0v) is 25.1. The summed E-state index contributed by atoms with van der Waals surface area (Å²) < 4.78 is 43.1. The number of benzene rings is 8. The Morgan fingerprint density at radius 2 is 1.02 bits per heavy atom. The summed E-state index contributed by atoms with van der Waals surface area (Å²) in [6.45, 7) is 4.47. The molecule has 0 radical (unpaired) electrons. The van der Waals surface area contributed by atoms with E-state index in [1.165, 1.54) is 16.3 Å². The summed E-state index contributed by atoms with van der Waals surface area (Å²) in [7, 11) is 0. The fourth-order valence-corrected chi connectivity index (χ4v) is 7.79. The number of hydrogen-bond donors (Lipinski definition) is 0. The zero-order valence-electron chi connectivity index (χ0n) is 30.1. The van der Waals surface area contributed by atoms with Gasteiger partial charge in [0.05, 0.1) is 6.85 Å². The van der Waals surface area contributed by atoms with Crippen LogP contribution in [0.1, 0.15) is 31.8 Å². The van der Waals surface area contributed by atoms with Gasteiger partial charge in [0.15, 0.2) is 0 Å². The Morgan fingerprint density at radius 3 is 1.73 bits per heavy atom. The molecule has 0 N–H and O–H groups in total. The Bertz CT molecular complexity index is 2650. The number of hydrogen-bond acceptors (Lipinski definition) is 0. The molecule has 1 aliphatic rings. The number of rotatable bonds is 3. The highest BCUT2D eigenvalue weighted by molar-refractivity contribution is 6.22. The van der Waals surface area contributed by atoms with Crippen LogP contribution < -0.4 is 0 Å². The quantitative estimate of drug-likeness (QED) is 0.183. The molecule has 0 heterocycles. The van der Waals surface area contributed by atoms with Crippen LogP contribution in [0.2, 0.25) is 0 Å². The first-order chi connectivity index (χ1) is 24.2. The molecule has 0 heteroatoms. The predicted octanol–water partition coefficient (Wildman–Crippen LogP) is 12.5. The lowest BCUT2D eigenvalue weighted by Gasteiger charge is -2.27. The molecule has 0 nitrogen and oxygen atoms in total. The molecule has 8 aromatic rings. The second kappa shape index (κ2) is 9.78. The highest BCUT2D eigenvalue weighted by Crippen LogP contribution is 2.57. The van der Waals surface area contributed by atoms with Crippen LogP contribution in [0, 0.1) is 0 Å². The topological polar surface area (TPSA) is 0 Å². The van der Waals surface area contributed by atoms with Crippen LogP contribution in [0.3, 0.4) is 0 Å². The summed E-state index contributed by atoms with van der Waals surface area (Å²) in [5.74, 6) is 0. The van der Waals surface area contributed by atoms with E-state index in [0.717, 1.165) is 60.5 Å². The van der Waals surface area contributed by atoms with Crippen LogP contribution >= 0.6 is 0 Å². The van der Waals surface area contributed by atoms with Gasteiger partial charge in [-0.15, -0.1) is 0 Å². The van der Waals surface area contributed by atoms with Crippen molar-refractivity contribution in [2.45, 2.75) is 19.3 Å². The van der Waals surface area contributed by atoms with Crippen molar-refractivity contribution in [3.63, 3.8) is 0 Å². The van der Waals surface area contributed by atoms with Crippen LogP contribution in [-0.2, 0) is 5.41 Å². The molecule has 0 bridgehead atoms. The molecule has 45 heavy (non-hydrogen) atoms. The summed E-state index contributed by atoms with van der Waals surface area (Å²) in [5, 5.41) is 7.00. The molecule has 0 aromatic heterocycles. The van der Waals surface area contributed by atoms with Gasteiger partial charge in [0.1, 0.15) is 0 Å². The van der Waals surface area contributed by atoms with E-state index >= 15 is 0 Å². The molecule has 212 valence electrons. The van der Waals surface area contributed by atoms with E-state index in [9.17, 15) is 0 Å². The molecule has 0 fully saturated rings. The molecule has 0 amide bonds. The second-order valence-electron chi connectivity index (χ2n) is 12.5. The third-order valence-corrected chi connectivity index (χ3v) is 9.71. The minimum atomic E-state index is -0.441.